The van der Waals surface area contributed by atoms with Crippen LogP contribution < -0.4 is 14.8 Å². The van der Waals surface area contributed by atoms with E-state index in [1.807, 2.05) is 0 Å². The molecule has 1 fully saturated rings. The van der Waals surface area contributed by atoms with E-state index in [9.17, 15) is 13.2 Å². The number of nitrogens with one attached hydrogen (secondary N) is 2. The fraction of sp³-hybridized carbons (Fsp3) is 0.632. The number of benzene rings is 1. The highest BCUT2D eigenvalue weighted by molar-refractivity contribution is 7.89. The van der Waals surface area contributed by atoms with Crippen molar-refractivity contribution in [2.75, 3.05) is 38.6 Å². The van der Waals surface area contributed by atoms with Gasteiger partial charge in [-0.05, 0) is 49.4 Å². The van der Waals surface area contributed by atoms with Gasteiger partial charge in [0.05, 0.1) is 17.7 Å². The summed E-state index contributed by atoms with van der Waals surface area (Å²) < 4.78 is 32.9. The second-order valence-corrected chi connectivity index (χ2v) is 9.27. The molecule has 152 valence electrons. The van der Waals surface area contributed by atoms with E-state index in [-0.39, 0.29) is 10.8 Å². The standard InChI is InChI=1S/C19H31N3O4S/c1-14-10-15(2)13-22(12-14)9-5-8-20-27(24,25)17-6-7-19(26-4)18(11-17)21-16(3)23/h6-7,11,14-15,20H,5,8-10,12-13H2,1-4H3,(H,21,23)/t14-,15-/m0/s1. The van der Waals surface area contributed by atoms with Gasteiger partial charge in [0.25, 0.3) is 0 Å². The molecule has 0 spiro atoms. The van der Waals surface area contributed by atoms with Crippen molar-refractivity contribution in [1.29, 1.82) is 0 Å². The summed E-state index contributed by atoms with van der Waals surface area (Å²) in [7, 11) is -2.18. The number of rotatable bonds is 8. The van der Waals surface area contributed by atoms with Crippen LogP contribution >= 0.6 is 0 Å². The number of anilines is 1. The van der Waals surface area contributed by atoms with Gasteiger partial charge in [0.2, 0.25) is 15.9 Å². The molecule has 1 aromatic carbocycles. The summed E-state index contributed by atoms with van der Waals surface area (Å²) in [6.07, 6.45) is 2.02. The van der Waals surface area contributed by atoms with Gasteiger partial charge in [-0.15, -0.1) is 0 Å². The quantitative estimate of drug-likeness (QED) is 0.657. The van der Waals surface area contributed by atoms with E-state index in [1.165, 1.54) is 38.7 Å². The van der Waals surface area contributed by atoms with E-state index in [2.05, 4.69) is 28.8 Å². The molecule has 1 aliphatic heterocycles. The van der Waals surface area contributed by atoms with Crippen LogP contribution in [0.1, 0.15) is 33.6 Å². The Bertz CT molecular complexity index is 741. The van der Waals surface area contributed by atoms with Gasteiger partial charge in [-0.3, -0.25) is 4.79 Å². The third-order valence-electron chi connectivity index (χ3n) is 4.68. The fourth-order valence-electron chi connectivity index (χ4n) is 3.71. The summed E-state index contributed by atoms with van der Waals surface area (Å²) in [5.74, 6) is 1.51. The van der Waals surface area contributed by atoms with E-state index < -0.39 is 10.0 Å². The number of hydrogen-bond donors (Lipinski definition) is 2. The zero-order chi connectivity index (χ0) is 20.0. The Morgan fingerprint density at radius 2 is 1.93 bits per heavy atom. The Morgan fingerprint density at radius 1 is 1.26 bits per heavy atom. The second-order valence-electron chi connectivity index (χ2n) is 7.50. The fourth-order valence-corrected chi connectivity index (χ4v) is 4.81. The minimum Gasteiger partial charge on any atom is -0.495 e. The van der Waals surface area contributed by atoms with Crippen molar-refractivity contribution in [2.45, 2.75) is 38.5 Å². The lowest BCUT2D eigenvalue weighted by Gasteiger charge is -2.34. The molecule has 0 saturated carbocycles. The van der Waals surface area contributed by atoms with Crippen molar-refractivity contribution in [3.63, 3.8) is 0 Å². The van der Waals surface area contributed by atoms with Crippen molar-refractivity contribution in [3.05, 3.63) is 18.2 Å². The van der Waals surface area contributed by atoms with Crippen molar-refractivity contribution in [2.24, 2.45) is 11.8 Å². The third-order valence-corrected chi connectivity index (χ3v) is 6.14. The first-order valence-corrected chi connectivity index (χ1v) is 10.9. The number of amides is 1. The molecule has 1 saturated heterocycles. The highest BCUT2D eigenvalue weighted by Gasteiger charge is 2.21. The topological polar surface area (TPSA) is 87.7 Å². The molecule has 0 radical (unpaired) electrons. The zero-order valence-electron chi connectivity index (χ0n) is 16.6. The maximum Gasteiger partial charge on any atom is 0.240 e. The minimum atomic E-state index is -3.64. The molecule has 0 bridgehead atoms. The van der Waals surface area contributed by atoms with Gasteiger partial charge in [0, 0.05) is 26.6 Å². The molecule has 1 aliphatic rings. The molecule has 0 unspecified atom stereocenters. The molecule has 1 aromatic rings. The van der Waals surface area contributed by atoms with E-state index in [0.29, 0.717) is 29.8 Å². The Balaban J connectivity index is 1.93. The van der Waals surface area contributed by atoms with Crippen LogP contribution in [0.3, 0.4) is 0 Å². The summed E-state index contributed by atoms with van der Waals surface area (Å²) in [6, 6.07) is 4.42. The van der Waals surface area contributed by atoms with Crippen LogP contribution in [0.4, 0.5) is 5.69 Å². The van der Waals surface area contributed by atoms with Gasteiger partial charge >= 0.3 is 0 Å². The highest BCUT2D eigenvalue weighted by Crippen LogP contribution is 2.27. The first-order chi connectivity index (χ1) is 12.7. The van der Waals surface area contributed by atoms with Crippen LogP contribution in [0.5, 0.6) is 5.75 Å². The maximum absolute atomic E-state index is 12.5. The maximum atomic E-state index is 12.5. The first kappa shape index (κ1) is 21.7. The molecule has 0 aromatic heterocycles. The Labute approximate surface area is 162 Å². The molecular weight excluding hydrogens is 366 g/mol. The number of hydrogen-bond acceptors (Lipinski definition) is 5. The van der Waals surface area contributed by atoms with E-state index in [1.54, 1.807) is 0 Å². The average molecular weight is 398 g/mol. The molecule has 2 N–H and O–H groups in total. The third kappa shape index (κ3) is 6.48. The van der Waals surface area contributed by atoms with Crippen LogP contribution in [0.25, 0.3) is 0 Å². The molecule has 7 nitrogen and oxygen atoms in total. The summed E-state index contributed by atoms with van der Waals surface area (Å²) in [5, 5.41) is 2.59. The van der Waals surface area contributed by atoms with Crippen LogP contribution in [-0.4, -0.2) is 52.5 Å². The lowest BCUT2D eigenvalue weighted by atomic mass is 9.92. The Morgan fingerprint density at radius 3 is 2.52 bits per heavy atom. The van der Waals surface area contributed by atoms with E-state index in [0.717, 1.165) is 26.1 Å². The lowest BCUT2D eigenvalue weighted by Crippen LogP contribution is -2.40. The Hall–Kier alpha value is -1.64. The summed E-state index contributed by atoms with van der Waals surface area (Å²) >= 11 is 0. The molecule has 2 atom stereocenters. The normalized spacial score (nSPS) is 21.0. The highest BCUT2D eigenvalue weighted by atomic mass is 32.2. The van der Waals surface area contributed by atoms with Crippen molar-refractivity contribution >= 4 is 21.6 Å². The summed E-state index contributed by atoms with van der Waals surface area (Å²) in [5.41, 5.74) is 0.337. The van der Waals surface area contributed by atoms with Crippen LogP contribution in [0, 0.1) is 11.8 Å². The molecule has 1 amide bonds. The van der Waals surface area contributed by atoms with Gasteiger partial charge in [-0.2, -0.15) is 0 Å². The number of carbonyl (C=O) groups is 1. The van der Waals surface area contributed by atoms with Crippen molar-refractivity contribution < 1.29 is 17.9 Å². The first-order valence-electron chi connectivity index (χ1n) is 9.39. The van der Waals surface area contributed by atoms with Gasteiger partial charge < -0.3 is 15.0 Å². The number of likely N-dealkylation sites (tertiary alicyclic amines) is 1. The largest absolute Gasteiger partial charge is 0.495 e. The number of ether oxygens (including phenoxy) is 1. The van der Waals surface area contributed by atoms with Crippen molar-refractivity contribution in [1.82, 2.24) is 9.62 Å². The summed E-state index contributed by atoms with van der Waals surface area (Å²) in [4.78, 5) is 13.8. The molecule has 2 rings (SSSR count). The van der Waals surface area contributed by atoms with E-state index in [4.69, 9.17) is 4.74 Å². The van der Waals surface area contributed by atoms with Gasteiger partial charge in [0.15, 0.2) is 0 Å². The van der Waals surface area contributed by atoms with Gasteiger partial charge in [0.1, 0.15) is 5.75 Å². The van der Waals surface area contributed by atoms with Gasteiger partial charge in [-0.25, -0.2) is 13.1 Å². The van der Waals surface area contributed by atoms with Crippen LogP contribution in [0.2, 0.25) is 0 Å². The molecular formula is C19H31N3O4S. The van der Waals surface area contributed by atoms with E-state index >= 15 is 0 Å². The average Bonchev–Trinajstić information content (AvgIpc) is 2.57. The number of methoxy groups -OCH3 is 1. The number of sulfonamides is 1. The predicted molar refractivity (Wildman–Crippen MR) is 106 cm³/mol. The minimum absolute atomic E-state index is 0.104. The van der Waals surface area contributed by atoms with Gasteiger partial charge in [-0.1, -0.05) is 13.8 Å². The Kier molecular flexibility index (Phi) is 7.64. The second kappa shape index (κ2) is 9.52. The number of piperidine rings is 1. The molecule has 1 heterocycles. The summed E-state index contributed by atoms with van der Waals surface area (Å²) in [6.45, 7) is 9.32. The van der Waals surface area contributed by atoms with Crippen LogP contribution in [0.15, 0.2) is 23.1 Å². The number of carbonyl (C=O) groups excluding carboxylic acids is 1. The molecule has 8 heteroatoms. The zero-order valence-corrected chi connectivity index (χ0v) is 17.4. The van der Waals surface area contributed by atoms with Crippen LogP contribution in [-0.2, 0) is 14.8 Å². The molecule has 27 heavy (non-hydrogen) atoms. The smallest absolute Gasteiger partial charge is 0.240 e. The SMILES string of the molecule is COc1ccc(S(=O)(=O)NCCCN2C[C@@H](C)C[C@H](C)C2)cc1NC(C)=O. The van der Waals surface area contributed by atoms with Crippen molar-refractivity contribution in [3.8, 4) is 5.75 Å². The predicted octanol–water partition coefficient (Wildman–Crippen LogP) is 2.30. The lowest BCUT2D eigenvalue weighted by molar-refractivity contribution is -0.114. The number of nitrogens with zero attached hydrogens (tertiary/aromatic N) is 1. The monoisotopic (exact) mass is 397 g/mol. The molecule has 0 aliphatic carbocycles.